The van der Waals surface area contributed by atoms with E-state index in [1.807, 2.05) is 49.5 Å². The fourth-order valence-corrected chi connectivity index (χ4v) is 3.40. The van der Waals surface area contributed by atoms with E-state index in [-0.39, 0.29) is 0 Å². The van der Waals surface area contributed by atoms with E-state index >= 15 is 0 Å². The maximum Gasteiger partial charge on any atom is 0.230 e. The Kier molecular flexibility index (Phi) is 5.99. The Morgan fingerprint density at radius 3 is 2.64 bits per heavy atom. The molecule has 2 aromatic carbocycles. The van der Waals surface area contributed by atoms with Crippen molar-refractivity contribution in [3.63, 3.8) is 0 Å². The van der Waals surface area contributed by atoms with Gasteiger partial charge in [-0.1, -0.05) is 12.1 Å². The summed E-state index contributed by atoms with van der Waals surface area (Å²) in [5, 5.41) is 0. The van der Waals surface area contributed by atoms with Crippen LogP contribution in [-0.4, -0.2) is 60.1 Å². The van der Waals surface area contributed by atoms with Crippen molar-refractivity contribution in [2.75, 3.05) is 39.5 Å². The van der Waals surface area contributed by atoms with Crippen LogP contribution in [0.5, 0.6) is 5.75 Å². The topological polar surface area (TPSA) is 51.9 Å². The minimum Gasteiger partial charge on any atom is -0.494 e. The number of para-hydroxylation sites is 2. The number of aromatic nitrogens is 2. The molecule has 2 heterocycles. The van der Waals surface area contributed by atoms with Crippen molar-refractivity contribution in [3.8, 4) is 5.75 Å². The van der Waals surface area contributed by atoms with Gasteiger partial charge in [0.1, 0.15) is 5.75 Å². The summed E-state index contributed by atoms with van der Waals surface area (Å²) in [7, 11) is 0. The highest BCUT2D eigenvalue weighted by molar-refractivity contribution is 5.83. The lowest BCUT2D eigenvalue weighted by atomic mass is 10.2. The standard InChI is InChI=1S/C22H26N4O2/c1-2-28-19-9-7-18(8-10-19)17-23-22-24-20-5-3-4-6-21(20)26(22)12-11-25-13-15-27-16-14-25/h3-10,17H,2,11-16H2,1H3/b23-17+. The minimum atomic E-state index is 0.667. The number of rotatable bonds is 7. The first-order valence-electron chi connectivity index (χ1n) is 9.86. The maximum absolute atomic E-state index is 5.50. The predicted octanol–water partition coefficient (Wildman–Crippen LogP) is 3.52. The van der Waals surface area contributed by atoms with Crippen LogP contribution in [0.15, 0.2) is 53.5 Å². The lowest BCUT2D eigenvalue weighted by Crippen LogP contribution is -2.38. The lowest BCUT2D eigenvalue weighted by molar-refractivity contribution is 0.0366. The summed E-state index contributed by atoms with van der Waals surface area (Å²) >= 11 is 0. The molecule has 0 unspecified atom stereocenters. The summed E-state index contributed by atoms with van der Waals surface area (Å²) in [6.45, 7) is 8.07. The van der Waals surface area contributed by atoms with Crippen LogP contribution in [0.1, 0.15) is 12.5 Å². The Bertz CT molecular complexity index is 927. The molecule has 0 bridgehead atoms. The third kappa shape index (κ3) is 4.40. The summed E-state index contributed by atoms with van der Waals surface area (Å²) in [5.41, 5.74) is 3.12. The van der Waals surface area contributed by atoms with Gasteiger partial charge in [0.2, 0.25) is 5.95 Å². The van der Waals surface area contributed by atoms with Gasteiger partial charge < -0.3 is 14.0 Å². The van der Waals surface area contributed by atoms with Crippen LogP contribution < -0.4 is 4.74 Å². The molecule has 6 heteroatoms. The van der Waals surface area contributed by atoms with Gasteiger partial charge in [-0.05, 0) is 48.9 Å². The van der Waals surface area contributed by atoms with Crippen molar-refractivity contribution >= 4 is 23.2 Å². The van der Waals surface area contributed by atoms with E-state index in [1.54, 1.807) is 0 Å². The summed E-state index contributed by atoms with van der Waals surface area (Å²) in [5.74, 6) is 1.61. The molecule has 0 radical (unpaired) electrons. The van der Waals surface area contributed by atoms with E-state index in [9.17, 15) is 0 Å². The molecule has 0 saturated carbocycles. The number of fused-ring (bicyclic) bond motifs is 1. The van der Waals surface area contributed by atoms with Gasteiger partial charge in [0.25, 0.3) is 0 Å². The number of aliphatic imine (C=N–C) groups is 1. The van der Waals surface area contributed by atoms with Crippen LogP contribution in [0, 0.1) is 0 Å². The van der Waals surface area contributed by atoms with Gasteiger partial charge in [0, 0.05) is 32.4 Å². The van der Waals surface area contributed by atoms with Gasteiger partial charge in [-0.2, -0.15) is 0 Å². The molecule has 28 heavy (non-hydrogen) atoms. The number of nitrogens with zero attached hydrogens (tertiary/aromatic N) is 4. The average molecular weight is 378 g/mol. The zero-order valence-corrected chi connectivity index (χ0v) is 16.3. The molecule has 1 aliphatic heterocycles. The van der Waals surface area contributed by atoms with Crippen LogP contribution in [0.3, 0.4) is 0 Å². The summed E-state index contributed by atoms with van der Waals surface area (Å²) in [4.78, 5) is 11.9. The van der Waals surface area contributed by atoms with Gasteiger partial charge in [-0.25, -0.2) is 9.98 Å². The normalized spacial score (nSPS) is 15.5. The Hall–Kier alpha value is -2.70. The quantitative estimate of drug-likeness (QED) is 0.591. The zero-order valence-electron chi connectivity index (χ0n) is 16.3. The Balaban J connectivity index is 1.55. The summed E-state index contributed by atoms with van der Waals surface area (Å²) < 4.78 is 13.2. The fourth-order valence-electron chi connectivity index (χ4n) is 3.40. The van der Waals surface area contributed by atoms with Crippen LogP contribution in [0.25, 0.3) is 11.0 Å². The predicted molar refractivity (Wildman–Crippen MR) is 112 cm³/mol. The van der Waals surface area contributed by atoms with Crippen LogP contribution >= 0.6 is 0 Å². The highest BCUT2D eigenvalue weighted by Crippen LogP contribution is 2.22. The lowest BCUT2D eigenvalue weighted by Gasteiger charge is -2.26. The van der Waals surface area contributed by atoms with Crippen molar-refractivity contribution in [1.29, 1.82) is 0 Å². The molecule has 1 saturated heterocycles. The number of benzene rings is 2. The van der Waals surface area contributed by atoms with Crippen molar-refractivity contribution in [2.45, 2.75) is 13.5 Å². The monoisotopic (exact) mass is 378 g/mol. The summed E-state index contributed by atoms with van der Waals surface area (Å²) in [6, 6.07) is 16.2. The molecule has 146 valence electrons. The molecule has 1 aliphatic rings. The fraction of sp³-hybridized carbons (Fsp3) is 0.364. The van der Waals surface area contributed by atoms with E-state index < -0.39 is 0 Å². The third-order valence-electron chi connectivity index (χ3n) is 4.90. The summed E-state index contributed by atoms with van der Waals surface area (Å²) in [6.07, 6.45) is 1.86. The molecule has 1 fully saturated rings. The molecule has 0 amide bonds. The Morgan fingerprint density at radius 2 is 1.86 bits per heavy atom. The Labute approximate surface area is 165 Å². The van der Waals surface area contributed by atoms with Gasteiger partial charge in [0.15, 0.2) is 0 Å². The van der Waals surface area contributed by atoms with Crippen LogP contribution in [0.4, 0.5) is 5.95 Å². The van der Waals surface area contributed by atoms with Crippen LogP contribution in [-0.2, 0) is 11.3 Å². The van der Waals surface area contributed by atoms with Gasteiger partial charge >= 0.3 is 0 Å². The van der Waals surface area contributed by atoms with Crippen molar-refractivity contribution < 1.29 is 9.47 Å². The first-order valence-corrected chi connectivity index (χ1v) is 9.86. The van der Waals surface area contributed by atoms with E-state index in [1.165, 1.54) is 0 Å². The van der Waals surface area contributed by atoms with Crippen molar-refractivity contribution in [3.05, 3.63) is 54.1 Å². The molecular formula is C22H26N4O2. The SMILES string of the molecule is CCOc1ccc(/C=N/c2nc3ccccc3n2CCN2CCOCC2)cc1. The van der Waals surface area contributed by atoms with Gasteiger partial charge in [-0.3, -0.25) is 4.90 Å². The minimum absolute atomic E-state index is 0.667. The largest absolute Gasteiger partial charge is 0.494 e. The molecule has 0 aliphatic carbocycles. The van der Waals surface area contributed by atoms with Gasteiger partial charge in [0.05, 0.1) is 30.9 Å². The molecule has 3 aromatic rings. The molecule has 0 N–H and O–H groups in total. The van der Waals surface area contributed by atoms with E-state index in [2.05, 4.69) is 21.6 Å². The van der Waals surface area contributed by atoms with Crippen LogP contribution in [0.2, 0.25) is 0 Å². The maximum atomic E-state index is 5.50. The van der Waals surface area contributed by atoms with E-state index in [0.29, 0.717) is 6.61 Å². The molecule has 0 atom stereocenters. The average Bonchev–Trinajstić information content (AvgIpc) is 3.10. The van der Waals surface area contributed by atoms with Crippen molar-refractivity contribution in [2.24, 2.45) is 4.99 Å². The second-order valence-corrected chi connectivity index (χ2v) is 6.77. The smallest absolute Gasteiger partial charge is 0.230 e. The molecule has 6 nitrogen and oxygen atoms in total. The molecule has 1 aromatic heterocycles. The molecule has 0 spiro atoms. The number of imidazole rings is 1. The Morgan fingerprint density at radius 1 is 1.07 bits per heavy atom. The van der Waals surface area contributed by atoms with Gasteiger partial charge in [-0.15, -0.1) is 0 Å². The third-order valence-corrected chi connectivity index (χ3v) is 4.90. The number of hydrogen-bond acceptors (Lipinski definition) is 5. The second kappa shape index (κ2) is 8.99. The number of hydrogen-bond donors (Lipinski definition) is 0. The van der Waals surface area contributed by atoms with E-state index in [0.717, 1.165) is 67.7 Å². The zero-order chi connectivity index (χ0) is 19.2. The molecular weight excluding hydrogens is 352 g/mol. The highest BCUT2D eigenvalue weighted by Gasteiger charge is 2.13. The number of ether oxygens (including phenoxy) is 2. The number of morpholine rings is 1. The first-order chi connectivity index (χ1) is 13.8. The first kappa shape index (κ1) is 18.7. The van der Waals surface area contributed by atoms with Crippen molar-refractivity contribution in [1.82, 2.24) is 14.5 Å². The van der Waals surface area contributed by atoms with E-state index in [4.69, 9.17) is 19.5 Å². The second-order valence-electron chi connectivity index (χ2n) is 6.77. The highest BCUT2D eigenvalue weighted by atomic mass is 16.5. The molecule has 4 rings (SSSR count).